The van der Waals surface area contributed by atoms with Crippen molar-refractivity contribution in [1.29, 1.82) is 0 Å². The van der Waals surface area contributed by atoms with Crippen LogP contribution in [-0.4, -0.2) is 4.57 Å². The van der Waals surface area contributed by atoms with Crippen molar-refractivity contribution in [2.45, 2.75) is 105 Å². The predicted octanol–water partition coefficient (Wildman–Crippen LogP) is 19.7. The molecular weight excluding hydrogens is 845 g/mol. The molecule has 1 aromatic heterocycles. The summed E-state index contributed by atoms with van der Waals surface area (Å²) < 4.78 is 2.47. The molecule has 0 atom stereocenters. The van der Waals surface area contributed by atoms with Gasteiger partial charge in [-0.2, -0.15) is 0 Å². The van der Waals surface area contributed by atoms with Gasteiger partial charge in [-0.05, 0) is 136 Å². The van der Waals surface area contributed by atoms with Gasteiger partial charge >= 0.3 is 0 Å². The van der Waals surface area contributed by atoms with E-state index in [0.717, 1.165) is 17.1 Å². The number of rotatable bonds is 6. The molecule has 0 bridgehead atoms. The van der Waals surface area contributed by atoms with E-state index in [1.807, 2.05) is 0 Å². The Morgan fingerprint density at radius 3 is 1.46 bits per heavy atom. The highest BCUT2D eigenvalue weighted by atomic mass is 15.1. The molecule has 0 spiro atoms. The topological polar surface area (TPSA) is 8.17 Å². The smallest absolute Gasteiger partial charge is 0.0541 e. The quantitative estimate of drug-likeness (QED) is 0.151. The van der Waals surface area contributed by atoms with Crippen LogP contribution in [-0.2, 0) is 21.7 Å². The van der Waals surface area contributed by atoms with Gasteiger partial charge < -0.3 is 9.47 Å². The summed E-state index contributed by atoms with van der Waals surface area (Å²) in [5, 5.41) is 10.1. The van der Waals surface area contributed by atoms with Gasteiger partial charge in [-0.3, -0.25) is 0 Å². The van der Waals surface area contributed by atoms with Gasteiger partial charge in [0.05, 0.1) is 22.4 Å². The number of para-hydroxylation sites is 2. The zero-order chi connectivity index (χ0) is 49.1. The van der Waals surface area contributed by atoms with Crippen LogP contribution in [0.5, 0.6) is 0 Å². The van der Waals surface area contributed by atoms with Crippen LogP contribution in [0.1, 0.15) is 105 Å². The monoisotopic (exact) mass is 911 g/mol. The van der Waals surface area contributed by atoms with Crippen molar-refractivity contribution >= 4 is 71.2 Å². The number of hydrogen-bond acceptors (Lipinski definition) is 1. The molecule has 70 heavy (non-hydrogen) atoms. The van der Waals surface area contributed by atoms with Crippen molar-refractivity contribution in [3.63, 3.8) is 0 Å². The Hall–Kier alpha value is -7.16. The maximum absolute atomic E-state index is 2.50. The van der Waals surface area contributed by atoms with Crippen LogP contribution in [0.2, 0.25) is 0 Å². The lowest BCUT2D eigenvalue weighted by molar-refractivity contribution is 0.569. The fourth-order valence-electron chi connectivity index (χ4n) is 10.8. The third-order valence-electron chi connectivity index (χ3n) is 14.9. The van der Waals surface area contributed by atoms with E-state index in [2.05, 4.69) is 275 Å². The maximum atomic E-state index is 2.50. The summed E-state index contributed by atoms with van der Waals surface area (Å²) in [5.41, 5.74) is 17.4. The highest BCUT2D eigenvalue weighted by Gasteiger charge is 2.26. The maximum Gasteiger partial charge on any atom is 0.0541 e. The molecular formula is C68H66N2. The van der Waals surface area contributed by atoms with E-state index in [1.165, 1.54) is 104 Å². The number of aromatic nitrogens is 1. The van der Waals surface area contributed by atoms with Crippen molar-refractivity contribution in [2.24, 2.45) is 0 Å². The first-order valence-electron chi connectivity index (χ1n) is 25.3. The molecule has 0 saturated heterocycles. The minimum Gasteiger partial charge on any atom is -0.310 e. The van der Waals surface area contributed by atoms with Crippen molar-refractivity contribution in [3.05, 3.63) is 204 Å². The first-order chi connectivity index (χ1) is 33.2. The molecule has 0 aliphatic carbocycles. The van der Waals surface area contributed by atoms with Crippen LogP contribution < -0.4 is 4.90 Å². The van der Waals surface area contributed by atoms with Crippen molar-refractivity contribution < 1.29 is 0 Å². The number of anilines is 3. The van der Waals surface area contributed by atoms with E-state index < -0.39 is 0 Å². The van der Waals surface area contributed by atoms with E-state index in [9.17, 15) is 0 Å². The molecule has 2 heteroatoms. The van der Waals surface area contributed by atoms with Gasteiger partial charge in [0, 0.05) is 32.9 Å². The molecule has 10 aromatic carbocycles. The van der Waals surface area contributed by atoms with Crippen LogP contribution in [0, 0.1) is 0 Å². The number of nitrogens with zero attached hydrogens (tertiary/aromatic N) is 2. The van der Waals surface area contributed by atoms with Crippen LogP contribution in [0.3, 0.4) is 0 Å². The summed E-state index contributed by atoms with van der Waals surface area (Å²) >= 11 is 0. The number of hydrogen-bond donors (Lipinski definition) is 0. The van der Waals surface area contributed by atoms with Gasteiger partial charge in [0.15, 0.2) is 0 Å². The van der Waals surface area contributed by atoms with E-state index in [1.54, 1.807) is 0 Å². The van der Waals surface area contributed by atoms with Gasteiger partial charge in [0.25, 0.3) is 0 Å². The Kier molecular flexibility index (Phi) is 10.5. The number of benzene rings is 10. The lowest BCUT2D eigenvalue weighted by Crippen LogP contribution is -2.16. The van der Waals surface area contributed by atoms with Crippen molar-refractivity contribution in [1.82, 2.24) is 4.57 Å². The molecule has 0 N–H and O–H groups in total. The summed E-state index contributed by atoms with van der Waals surface area (Å²) in [7, 11) is 0. The molecule has 0 amide bonds. The molecule has 1 heterocycles. The summed E-state index contributed by atoms with van der Waals surface area (Å²) in [6, 6.07) is 69.4. The summed E-state index contributed by atoms with van der Waals surface area (Å²) in [4.78, 5) is 2.50. The van der Waals surface area contributed by atoms with Crippen molar-refractivity contribution in [2.75, 3.05) is 4.90 Å². The average Bonchev–Trinajstić information content (AvgIpc) is 3.66. The van der Waals surface area contributed by atoms with E-state index in [4.69, 9.17) is 0 Å². The fourth-order valence-corrected chi connectivity index (χ4v) is 10.8. The summed E-state index contributed by atoms with van der Waals surface area (Å²) in [6.07, 6.45) is 0. The number of fused-ring (bicyclic) bond motifs is 3. The SMILES string of the molecule is CC(C)(C)c1ccc(N(c2cccc(-c3ccc(C(C)(C)C)cc3-c3cc(C(C)(C)C)cc(C(C)(C)C)c3)c2)c2ccc3ccc4c(-n5c6ccccc6c6ccccc65)ccc5ccc2c3c54)cc1. The molecule has 11 aromatic rings. The summed E-state index contributed by atoms with van der Waals surface area (Å²) in [5.74, 6) is 0. The molecule has 0 aliphatic rings. The fraction of sp³-hybridized carbons (Fsp3) is 0.235. The normalized spacial score (nSPS) is 12.9. The van der Waals surface area contributed by atoms with E-state index in [-0.39, 0.29) is 21.7 Å². The standard InChI is InChI=1S/C68H66N2/c1-65(2,3)47-28-31-51(32-29-47)69(52-19-17-18-45(40-52)53-35-30-48(66(4,5)6)42-58(53)46-38-49(67(7,8)9)41-50(39-46)68(10,11)12)61-36-26-43-25-34-57-62(37-27-44-24-33-56(61)63(43)64(44)57)70-59-22-15-13-20-54(59)55-21-14-16-23-60(55)70/h13-42H,1-12H3. The van der Waals surface area contributed by atoms with E-state index >= 15 is 0 Å². The van der Waals surface area contributed by atoms with Crippen LogP contribution >= 0.6 is 0 Å². The zero-order valence-electron chi connectivity index (χ0n) is 43.2. The van der Waals surface area contributed by atoms with Crippen LogP contribution in [0.15, 0.2) is 182 Å². The molecule has 0 aliphatic heterocycles. The summed E-state index contributed by atoms with van der Waals surface area (Å²) in [6.45, 7) is 27.9. The molecule has 0 saturated carbocycles. The van der Waals surface area contributed by atoms with Crippen LogP contribution in [0.4, 0.5) is 17.1 Å². The first-order valence-corrected chi connectivity index (χ1v) is 25.3. The third-order valence-corrected chi connectivity index (χ3v) is 14.9. The lowest BCUT2D eigenvalue weighted by atomic mass is 9.77. The largest absolute Gasteiger partial charge is 0.310 e. The second-order valence-electron chi connectivity index (χ2n) is 24.0. The third kappa shape index (κ3) is 7.73. The lowest BCUT2D eigenvalue weighted by Gasteiger charge is -2.29. The Morgan fingerprint density at radius 2 is 0.857 bits per heavy atom. The predicted molar refractivity (Wildman–Crippen MR) is 305 cm³/mol. The minimum absolute atomic E-state index is 0.00591. The Balaban J connectivity index is 1.14. The molecule has 11 rings (SSSR count). The Labute approximate surface area is 415 Å². The first kappa shape index (κ1) is 45.3. The van der Waals surface area contributed by atoms with Crippen molar-refractivity contribution in [3.8, 4) is 27.9 Å². The van der Waals surface area contributed by atoms with E-state index in [0.29, 0.717) is 0 Å². The average molecular weight is 911 g/mol. The van der Waals surface area contributed by atoms with Gasteiger partial charge in [-0.15, -0.1) is 0 Å². The van der Waals surface area contributed by atoms with Gasteiger partial charge in [-0.25, -0.2) is 0 Å². The molecule has 0 unspecified atom stereocenters. The van der Waals surface area contributed by atoms with Gasteiger partial charge in [0.2, 0.25) is 0 Å². The molecule has 0 fully saturated rings. The second kappa shape index (κ2) is 16.2. The minimum atomic E-state index is -0.0150. The highest BCUT2D eigenvalue weighted by molar-refractivity contribution is 6.27. The van der Waals surface area contributed by atoms with Gasteiger partial charge in [-0.1, -0.05) is 217 Å². The molecule has 2 nitrogen and oxygen atoms in total. The van der Waals surface area contributed by atoms with Crippen LogP contribution in [0.25, 0.3) is 82.1 Å². The Bertz CT molecular complexity index is 3710. The molecule has 348 valence electrons. The highest BCUT2D eigenvalue weighted by Crippen LogP contribution is 2.48. The Morgan fingerprint density at radius 1 is 0.329 bits per heavy atom. The zero-order valence-corrected chi connectivity index (χ0v) is 43.2. The molecule has 0 radical (unpaired) electrons. The van der Waals surface area contributed by atoms with Gasteiger partial charge in [0.1, 0.15) is 0 Å². The second-order valence-corrected chi connectivity index (χ2v) is 24.0.